The summed E-state index contributed by atoms with van der Waals surface area (Å²) < 4.78 is 16.0. The first-order chi connectivity index (χ1) is 12.6. The lowest BCUT2D eigenvalue weighted by atomic mass is 10.1. The van der Waals surface area contributed by atoms with Gasteiger partial charge in [-0.25, -0.2) is 4.98 Å². The fourth-order valence-electron chi connectivity index (χ4n) is 3.13. The van der Waals surface area contributed by atoms with Gasteiger partial charge < -0.3 is 19.1 Å². The third-order valence-electron chi connectivity index (χ3n) is 4.68. The highest BCUT2D eigenvalue weighted by molar-refractivity contribution is 7.17. The number of aryl methyl sites for hydroxylation is 1. The van der Waals surface area contributed by atoms with Gasteiger partial charge in [0.2, 0.25) is 0 Å². The van der Waals surface area contributed by atoms with Gasteiger partial charge in [-0.2, -0.15) is 0 Å². The Morgan fingerprint density at radius 2 is 1.85 bits per heavy atom. The molecule has 1 aromatic carbocycles. The van der Waals surface area contributed by atoms with E-state index in [0.717, 1.165) is 42.2 Å². The van der Waals surface area contributed by atoms with E-state index in [2.05, 4.69) is 4.98 Å². The summed E-state index contributed by atoms with van der Waals surface area (Å²) >= 11 is 1.42. The Kier molecular flexibility index (Phi) is 5.78. The number of aromatic nitrogens is 1. The van der Waals surface area contributed by atoms with Gasteiger partial charge in [-0.15, -0.1) is 11.3 Å². The summed E-state index contributed by atoms with van der Waals surface area (Å²) in [5.41, 5.74) is 1.67. The van der Waals surface area contributed by atoms with Crippen LogP contribution < -0.4 is 9.47 Å². The minimum atomic E-state index is 0.0567. The second-order valence-corrected chi connectivity index (χ2v) is 7.23. The Morgan fingerprint density at radius 1 is 1.15 bits per heavy atom. The molecule has 2 heterocycles. The van der Waals surface area contributed by atoms with Gasteiger partial charge in [0.05, 0.1) is 26.0 Å². The van der Waals surface area contributed by atoms with Gasteiger partial charge in [-0.1, -0.05) is 0 Å². The number of methoxy groups -OCH3 is 3. The van der Waals surface area contributed by atoms with E-state index in [1.165, 1.54) is 11.3 Å². The lowest BCUT2D eigenvalue weighted by Crippen LogP contribution is -2.40. The molecule has 1 aliphatic rings. The largest absolute Gasteiger partial charge is 0.493 e. The van der Waals surface area contributed by atoms with Crippen LogP contribution in [0.3, 0.4) is 0 Å². The molecule has 0 aliphatic carbocycles. The molecule has 0 saturated carbocycles. The number of piperidine rings is 1. The second kappa shape index (κ2) is 8.05. The molecular weight excluding hydrogens is 352 g/mol. The fourth-order valence-corrected chi connectivity index (χ4v) is 4.16. The number of hydrogen-bond donors (Lipinski definition) is 0. The normalized spacial score (nSPS) is 15.2. The number of carbonyl (C=O) groups is 1. The summed E-state index contributed by atoms with van der Waals surface area (Å²) in [6.07, 6.45) is 2.01. The topological polar surface area (TPSA) is 60.9 Å². The van der Waals surface area contributed by atoms with Crippen molar-refractivity contribution < 1.29 is 19.0 Å². The average molecular weight is 376 g/mol. The van der Waals surface area contributed by atoms with Gasteiger partial charge in [0.1, 0.15) is 9.88 Å². The maximum atomic E-state index is 12.9. The average Bonchev–Trinajstić information content (AvgIpc) is 3.08. The molecule has 1 saturated heterocycles. The molecule has 0 unspecified atom stereocenters. The van der Waals surface area contributed by atoms with Crippen LogP contribution in [-0.2, 0) is 4.74 Å². The van der Waals surface area contributed by atoms with Gasteiger partial charge in [0.25, 0.3) is 5.91 Å². The van der Waals surface area contributed by atoms with Crippen molar-refractivity contribution in [3.05, 3.63) is 28.8 Å². The van der Waals surface area contributed by atoms with E-state index in [9.17, 15) is 4.79 Å². The predicted octanol–water partition coefficient (Wildman–Crippen LogP) is 3.39. The van der Waals surface area contributed by atoms with Crippen LogP contribution in [0.1, 0.15) is 28.2 Å². The number of rotatable bonds is 5. The van der Waals surface area contributed by atoms with Crippen LogP contribution >= 0.6 is 11.3 Å². The molecule has 140 valence electrons. The third-order valence-corrected chi connectivity index (χ3v) is 5.88. The molecule has 0 spiro atoms. The highest BCUT2D eigenvalue weighted by Gasteiger charge is 2.26. The van der Waals surface area contributed by atoms with E-state index < -0.39 is 0 Å². The molecular formula is C19H24N2O4S. The molecule has 1 aliphatic heterocycles. The van der Waals surface area contributed by atoms with Crippen LogP contribution in [0, 0.1) is 6.92 Å². The number of thiazole rings is 1. The minimum Gasteiger partial charge on any atom is -0.493 e. The Morgan fingerprint density at radius 3 is 2.46 bits per heavy atom. The van der Waals surface area contributed by atoms with Crippen molar-refractivity contribution in [2.45, 2.75) is 25.9 Å². The van der Waals surface area contributed by atoms with Crippen molar-refractivity contribution in [3.63, 3.8) is 0 Å². The molecule has 1 fully saturated rings. The molecule has 6 nitrogen and oxygen atoms in total. The lowest BCUT2D eigenvalue weighted by molar-refractivity contribution is 0.0353. The van der Waals surface area contributed by atoms with Crippen molar-refractivity contribution in [2.24, 2.45) is 0 Å². The standard InChI is InChI=1S/C19H24N2O4S/c1-12-17(19(22)21-9-7-14(23-2)8-10-21)26-18(20-12)13-5-6-15(24-3)16(11-13)25-4/h5-6,11,14H,7-10H2,1-4H3. The first-order valence-electron chi connectivity index (χ1n) is 8.59. The van der Waals surface area contributed by atoms with E-state index in [1.807, 2.05) is 30.0 Å². The van der Waals surface area contributed by atoms with E-state index >= 15 is 0 Å². The highest BCUT2D eigenvalue weighted by atomic mass is 32.1. The monoisotopic (exact) mass is 376 g/mol. The minimum absolute atomic E-state index is 0.0567. The summed E-state index contributed by atoms with van der Waals surface area (Å²) in [6, 6.07) is 5.66. The number of nitrogens with zero attached hydrogens (tertiary/aromatic N) is 2. The quantitative estimate of drug-likeness (QED) is 0.800. The fraction of sp³-hybridized carbons (Fsp3) is 0.474. The summed E-state index contributed by atoms with van der Waals surface area (Å²) in [7, 11) is 4.94. The van der Waals surface area contributed by atoms with Crippen molar-refractivity contribution in [3.8, 4) is 22.1 Å². The number of carbonyl (C=O) groups excluding carboxylic acids is 1. The Hall–Kier alpha value is -2.12. The van der Waals surface area contributed by atoms with Crippen molar-refractivity contribution in [1.29, 1.82) is 0 Å². The van der Waals surface area contributed by atoms with Crippen LogP contribution in [0.4, 0.5) is 0 Å². The van der Waals surface area contributed by atoms with E-state index in [4.69, 9.17) is 14.2 Å². The summed E-state index contributed by atoms with van der Waals surface area (Å²) in [5, 5.41) is 0.804. The smallest absolute Gasteiger partial charge is 0.265 e. The van der Waals surface area contributed by atoms with Gasteiger partial charge in [-0.05, 0) is 38.0 Å². The summed E-state index contributed by atoms with van der Waals surface area (Å²) in [5.74, 6) is 1.37. The molecule has 0 bridgehead atoms. The maximum Gasteiger partial charge on any atom is 0.265 e. The van der Waals surface area contributed by atoms with Crippen LogP contribution in [0.5, 0.6) is 11.5 Å². The zero-order valence-corrected chi connectivity index (χ0v) is 16.4. The maximum absolute atomic E-state index is 12.9. The van der Waals surface area contributed by atoms with Crippen LogP contribution in [-0.4, -0.2) is 56.3 Å². The Balaban J connectivity index is 1.82. The van der Waals surface area contributed by atoms with E-state index in [-0.39, 0.29) is 12.0 Å². The molecule has 1 aromatic heterocycles. The zero-order chi connectivity index (χ0) is 18.7. The molecule has 3 rings (SSSR count). The molecule has 0 atom stereocenters. The third kappa shape index (κ3) is 3.68. The SMILES string of the molecule is COc1ccc(-c2nc(C)c(C(=O)N3CCC(OC)CC3)s2)cc1OC. The number of ether oxygens (including phenoxy) is 3. The first kappa shape index (κ1) is 18.7. The van der Waals surface area contributed by atoms with E-state index in [0.29, 0.717) is 16.4 Å². The lowest BCUT2D eigenvalue weighted by Gasteiger charge is -2.31. The van der Waals surface area contributed by atoms with Crippen LogP contribution in [0.15, 0.2) is 18.2 Å². The van der Waals surface area contributed by atoms with Gasteiger partial charge >= 0.3 is 0 Å². The number of benzene rings is 1. The number of likely N-dealkylation sites (tertiary alicyclic amines) is 1. The molecule has 26 heavy (non-hydrogen) atoms. The molecule has 0 N–H and O–H groups in total. The number of hydrogen-bond acceptors (Lipinski definition) is 6. The van der Waals surface area contributed by atoms with Crippen molar-refractivity contribution in [2.75, 3.05) is 34.4 Å². The van der Waals surface area contributed by atoms with Crippen molar-refractivity contribution in [1.82, 2.24) is 9.88 Å². The highest BCUT2D eigenvalue weighted by Crippen LogP contribution is 2.35. The Bertz CT molecular complexity index is 782. The van der Waals surface area contributed by atoms with Crippen molar-refractivity contribution >= 4 is 17.2 Å². The van der Waals surface area contributed by atoms with Crippen LogP contribution in [0.25, 0.3) is 10.6 Å². The molecule has 1 amide bonds. The number of amides is 1. The molecule has 2 aromatic rings. The second-order valence-electron chi connectivity index (χ2n) is 6.23. The summed E-state index contributed by atoms with van der Waals surface area (Å²) in [4.78, 5) is 20.1. The predicted molar refractivity (Wildman–Crippen MR) is 101 cm³/mol. The first-order valence-corrected chi connectivity index (χ1v) is 9.41. The molecule has 7 heteroatoms. The van der Waals surface area contributed by atoms with Gasteiger partial charge in [0.15, 0.2) is 11.5 Å². The zero-order valence-electron chi connectivity index (χ0n) is 15.6. The summed E-state index contributed by atoms with van der Waals surface area (Å²) in [6.45, 7) is 3.33. The van der Waals surface area contributed by atoms with Crippen LogP contribution in [0.2, 0.25) is 0 Å². The van der Waals surface area contributed by atoms with Gasteiger partial charge in [0, 0.05) is 25.8 Å². The molecule has 0 radical (unpaired) electrons. The Labute approximate surface area is 157 Å². The van der Waals surface area contributed by atoms with Gasteiger partial charge in [-0.3, -0.25) is 4.79 Å². The van der Waals surface area contributed by atoms with E-state index in [1.54, 1.807) is 21.3 Å².